The lowest BCUT2D eigenvalue weighted by atomic mass is 10.1. The Morgan fingerprint density at radius 3 is 2.34 bits per heavy atom. The first kappa shape index (κ1) is 20.1. The number of Topliss-reactive ketones (excluding diaryl/α,β-unsaturated/α-hetero) is 1. The first-order valence-corrected chi connectivity index (χ1v) is 9.09. The molecule has 1 aliphatic heterocycles. The zero-order valence-electron chi connectivity index (χ0n) is 16.6. The number of allylic oxidation sites excluding steroid dienone is 3. The molecule has 3 rings (SSSR count). The number of nitrogens with zero attached hydrogens (tertiary/aromatic N) is 3. The van der Waals surface area contributed by atoms with Gasteiger partial charge in [-0.2, -0.15) is 0 Å². The highest BCUT2D eigenvalue weighted by molar-refractivity contribution is 6.23. The second-order valence-corrected chi connectivity index (χ2v) is 6.96. The second-order valence-electron chi connectivity index (χ2n) is 6.96. The van der Waals surface area contributed by atoms with Crippen molar-refractivity contribution in [2.45, 2.75) is 13.8 Å². The Hall–Kier alpha value is -3.61. The quantitative estimate of drug-likeness (QED) is 0.516. The maximum absolute atomic E-state index is 12.8. The first-order valence-electron chi connectivity index (χ1n) is 9.09. The molecule has 1 heterocycles. The van der Waals surface area contributed by atoms with Gasteiger partial charge in [0.05, 0.1) is 23.9 Å². The number of benzene rings is 1. The van der Waals surface area contributed by atoms with E-state index in [0.717, 1.165) is 0 Å². The fourth-order valence-corrected chi connectivity index (χ4v) is 3.34. The summed E-state index contributed by atoms with van der Waals surface area (Å²) in [4.78, 5) is 39.2. The summed E-state index contributed by atoms with van der Waals surface area (Å²) in [5, 5.41) is 8.17. The third kappa shape index (κ3) is 3.24. The van der Waals surface area contributed by atoms with Gasteiger partial charge < -0.3 is 4.74 Å². The van der Waals surface area contributed by atoms with Gasteiger partial charge in [0.1, 0.15) is 0 Å². The summed E-state index contributed by atoms with van der Waals surface area (Å²) in [5.41, 5.74) is 1.48. The highest BCUT2D eigenvalue weighted by Crippen LogP contribution is 2.35. The number of carbonyl (C=O) groups is 3. The number of ether oxygens (including phenoxy) is 1. The van der Waals surface area contributed by atoms with Crippen LogP contribution in [0.25, 0.3) is 0 Å². The Balaban J connectivity index is 2.02. The third-order valence-corrected chi connectivity index (χ3v) is 4.60. The molecule has 29 heavy (non-hydrogen) atoms. The van der Waals surface area contributed by atoms with E-state index in [1.54, 1.807) is 18.2 Å². The molecule has 0 bridgehead atoms. The molecule has 0 aromatic heterocycles. The molecule has 7 heteroatoms. The summed E-state index contributed by atoms with van der Waals surface area (Å²) in [7, 11) is 1.42. The van der Waals surface area contributed by atoms with Crippen molar-refractivity contribution in [3.05, 3.63) is 77.2 Å². The number of fused-ring (bicyclic) bond motifs is 1. The van der Waals surface area contributed by atoms with Crippen molar-refractivity contribution in [2.75, 3.05) is 13.7 Å². The molecule has 0 atom stereocenters. The minimum absolute atomic E-state index is 0.00860. The van der Waals surface area contributed by atoms with Crippen molar-refractivity contribution in [1.82, 2.24) is 4.90 Å². The topological polar surface area (TPSA) is 88.4 Å². The number of hydrogen-bond donors (Lipinski definition) is 0. The smallest absolute Gasteiger partial charge is 0.263 e. The van der Waals surface area contributed by atoms with Crippen LogP contribution in [-0.2, 0) is 9.53 Å². The third-order valence-electron chi connectivity index (χ3n) is 4.60. The Morgan fingerprint density at radius 2 is 1.76 bits per heavy atom. The lowest BCUT2D eigenvalue weighted by Crippen LogP contribution is -2.33. The molecule has 1 aromatic rings. The maximum Gasteiger partial charge on any atom is 0.263 e. The maximum atomic E-state index is 12.8. The fraction of sp³-hybridized carbons (Fsp3) is 0.227. The summed E-state index contributed by atoms with van der Waals surface area (Å²) in [6, 6.07) is 4.79. The number of methoxy groups -OCH3 is 1. The van der Waals surface area contributed by atoms with Crippen LogP contribution in [0.15, 0.2) is 76.3 Å². The van der Waals surface area contributed by atoms with Crippen LogP contribution in [-0.4, -0.2) is 36.2 Å². The highest BCUT2D eigenvalue weighted by Gasteiger charge is 2.38. The zero-order valence-corrected chi connectivity index (χ0v) is 16.6. The van der Waals surface area contributed by atoms with Gasteiger partial charge in [0.25, 0.3) is 11.8 Å². The Labute approximate surface area is 168 Å². The van der Waals surface area contributed by atoms with E-state index in [-0.39, 0.29) is 40.1 Å². The fourth-order valence-electron chi connectivity index (χ4n) is 3.34. The predicted octanol–water partition coefficient (Wildman–Crippen LogP) is 4.13. The summed E-state index contributed by atoms with van der Waals surface area (Å²) < 4.78 is 5.31. The molecule has 148 valence electrons. The van der Waals surface area contributed by atoms with Crippen molar-refractivity contribution in [3.63, 3.8) is 0 Å². The van der Waals surface area contributed by atoms with E-state index in [0.29, 0.717) is 17.7 Å². The van der Waals surface area contributed by atoms with E-state index >= 15 is 0 Å². The Kier molecular flexibility index (Phi) is 5.41. The van der Waals surface area contributed by atoms with Crippen LogP contribution >= 0.6 is 0 Å². The molecular formula is C22H21N3O4. The number of amides is 2. The number of hydrogen-bond acceptors (Lipinski definition) is 6. The van der Waals surface area contributed by atoms with Crippen molar-refractivity contribution in [2.24, 2.45) is 16.1 Å². The minimum atomic E-state index is -0.413. The molecule has 1 aromatic carbocycles. The number of azo groups is 1. The lowest BCUT2D eigenvalue weighted by Gasteiger charge is -2.15. The molecule has 0 N–H and O–H groups in total. The molecule has 0 saturated heterocycles. The number of imide groups is 1. The molecule has 1 aliphatic carbocycles. The van der Waals surface area contributed by atoms with E-state index in [1.165, 1.54) is 24.2 Å². The molecule has 0 radical (unpaired) electrons. The summed E-state index contributed by atoms with van der Waals surface area (Å²) in [6.45, 7) is 11.5. The molecule has 2 amide bonds. The van der Waals surface area contributed by atoms with Crippen molar-refractivity contribution < 1.29 is 19.1 Å². The monoisotopic (exact) mass is 391 g/mol. The van der Waals surface area contributed by atoms with Gasteiger partial charge in [0.2, 0.25) is 5.78 Å². The van der Waals surface area contributed by atoms with Gasteiger partial charge in [-0.1, -0.05) is 45.2 Å². The molecule has 0 spiro atoms. The normalized spacial score (nSPS) is 16.6. The predicted molar refractivity (Wildman–Crippen MR) is 108 cm³/mol. The molecule has 0 fully saturated rings. The van der Waals surface area contributed by atoms with Crippen LogP contribution in [0.1, 0.15) is 34.6 Å². The van der Waals surface area contributed by atoms with E-state index in [9.17, 15) is 14.4 Å². The van der Waals surface area contributed by atoms with Crippen LogP contribution in [0.2, 0.25) is 0 Å². The number of ketones is 1. The minimum Gasteiger partial charge on any atom is -0.494 e. The van der Waals surface area contributed by atoms with Crippen LogP contribution in [0.3, 0.4) is 0 Å². The number of carbonyl (C=O) groups excluding carboxylic acids is 3. The largest absolute Gasteiger partial charge is 0.494 e. The van der Waals surface area contributed by atoms with Crippen LogP contribution < -0.4 is 0 Å². The van der Waals surface area contributed by atoms with E-state index in [1.807, 2.05) is 13.8 Å². The van der Waals surface area contributed by atoms with Gasteiger partial charge in [-0.15, -0.1) is 10.2 Å². The summed E-state index contributed by atoms with van der Waals surface area (Å²) >= 11 is 0. The molecule has 2 aliphatic rings. The van der Waals surface area contributed by atoms with E-state index in [2.05, 4.69) is 23.4 Å². The van der Waals surface area contributed by atoms with Gasteiger partial charge in [-0.25, -0.2) is 0 Å². The molecule has 0 unspecified atom stereocenters. The first-order chi connectivity index (χ1) is 13.8. The summed E-state index contributed by atoms with van der Waals surface area (Å²) in [5.74, 6) is -0.793. The van der Waals surface area contributed by atoms with Crippen LogP contribution in [0.5, 0.6) is 0 Å². The van der Waals surface area contributed by atoms with E-state index < -0.39 is 11.7 Å². The lowest BCUT2D eigenvalue weighted by molar-refractivity contribution is -0.111. The van der Waals surface area contributed by atoms with Crippen molar-refractivity contribution in [3.8, 4) is 0 Å². The standard InChI is InChI=1S/C22H21N3O4/c1-6-13-14(7-2)20(29-5)18(19(13)26)24-23-16-10-8-9-15-17(16)22(28)25(21(15)27)11-12(3)4/h6-10,12H,1-2,11H2,3-5H3. The zero-order chi connectivity index (χ0) is 21.3. The molecule has 0 saturated carbocycles. The average molecular weight is 391 g/mol. The highest BCUT2D eigenvalue weighted by atomic mass is 16.5. The van der Waals surface area contributed by atoms with Crippen LogP contribution in [0.4, 0.5) is 5.69 Å². The van der Waals surface area contributed by atoms with Gasteiger partial charge in [0.15, 0.2) is 11.5 Å². The Morgan fingerprint density at radius 1 is 1.07 bits per heavy atom. The van der Waals surface area contributed by atoms with Gasteiger partial charge in [-0.05, 0) is 18.1 Å². The second kappa shape index (κ2) is 7.79. The molecule has 7 nitrogen and oxygen atoms in total. The summed E-state index contributed by atoms with van der Waals surface area (Å²) in [6.07, 6.45) is 2.90. The van der Waals surface area contributed by atoms with Crippen molar-refractivity contribution >= 4 is 23.3 Å². The SMILES string of the molecule is C=CC1=C(C=C)C(OC)=C(N=Nc2cccc3c2C(=O)N(CC(C)C)C3=O)C1=O. The van der Waals surface area contributed by atoms with Gasteiger partial charge in [0, 0.05) is 17.7 Å². The van der Waals surface area contributed by atoms with Crippen LogP contribution in [0, 0.1) is 5.92 Å². The van der Waals surface area contributed by atoms with Crippen molar-refractivity contribution in [1.29, 1.82) is 0 Å². The Bertz CT molecular complexity index is 1040. The van der Waals surface area contributed by atoms with Gasteiger partial charge >= 0.3 is 0 Å². The molecular weight excluding hydrogens is 370 g/mol. The number of rotatable bonds is 7. The average Bonchev–Trinajstić information content (AvgIpc) is 3.11. The van der Waals surface area contributed by atoms with Gasteiger partial charge in [-0.3, -0.25) is 19.3 Å². The van der Waals surface area contributed by atoms with E-state index in [4.69, 9.17) is 4.74 Å².